The molecule has 0 aliphatic rings. The lowest BCUT2D eigenvalue weighted by molar-refractivity contribution is -0.142. The van der Waals surface area contributed by atoms with Gasteiger partial charge < -0.3 is 14.2 Å². The molecule has 0 bridgehead atoms. The fraction of sp³-hybridized carbons (Fsp3) is 0.263. The lowest BCUT2D eigenvalue weighted by Crippen LogP contribution is -2.11. The van der Waals surface area contributed by atoms with E-state index in [4.69, 9.17) is 14.2 Å². The van der Waals surface area contributed by atoms with Gasteiger partial charge in [-0.3, -0.25) is 9.59 Å². The number of aldehydes is 1. The van der Waals surface area contributed by atoms with Crippen molar-refractivity contribution in [2.45, 2.75) is 20.2 Å². The second-order valence-electron chi connectivity index (χ2n) is 5.41. The van der Waals surface area contributed by atoms with Gasteiger partial charge >= 0.3 is 5.97 Å². The van der Waals surface area contributed by atoms with Gasteiger partial charge in [0.15, 0.2) is 25.1 Å². The molecule has 0 saturated heterocycles. The molecule has 0 heterocycles. The molecule has 25 heavy (non-hydrogen) atoms. The number of rotatable bonds is 8. The number of methoxy groups -OCH3 is 1. The SMILES string of the molecule is CBc1ccc(Oc2cc(CC(=O)OCC)ccc2OC)c(C=O)c1. The quantitative estimate of drug-likeness (QED) is 0.420. The number of benzene rings is 2. The Morgan fingerprint density at radius 1 is 1.12 bits per heavy atom. The fourth-order valence-corrected chi connectivity index (χ4v) is 2.41. The van der Waals surface area contributed by atoms with Crippen LogP contribution in [0.4, 0.5) is 0 Å². The van der Waals surface area contributed by atoms with E-state index < -0.39 is 0 Å². The zero-order chi connectivity index (χ0) is 18.2. The first kappa shape index (κ1) is 18.6. The highest BCUT2D eigenvalue weighted by molar-refractivity contribution is 6.52. The summed E-state index contributed by atoms with van der Waals surface area (Å²) in [5.41, 5.74) is 2.27. The van der Waals surface area contributed by atoms with Gasteiger partial charge in [0, 0.05) is 0 Å². The average Bonchev–Trinajstić information content (AvgIpc) is 2.62. The van der Waals surface area contributed by atoms with Gasteiger partial charge in [-0.05, 0) is 30.7 Å². The van der Waals surface area contributed by atoms with Crippen molar-refractivity contribution in [2.75, 3.05) is 13.7 Å². The molecule has 0 atom stereocenters. The van der Waals surface area contributed by atoms with Gasteiger partial charge in [0.25, 0.3) is 0 Å². The number of esters is 1. The minimum absolute atomic E-state index is 0.142. The van der Waals surface area contributed by atoms with Crippen LogP contribution in [0.5, 0.6) is 17.2 Å². The molecule has 5 nitrogen and oxygen atoms in total. The third-order valence-corrected chi connectivity index (χ3v) is 3.71. The summed E-state index contributed by atoms with van der Waals surface area (Å²) in [7, 11) is 2.37. The molecule has 0 saturated carbocycles. The fourth-order valence-electron chi connectivity index (χ4n) is 2.41. The minimum atomic E-state index is -0.306. The van der Waals surface area contributed by atoms with E-state index in [1.54, 1.807) is 37.3 Å². The lowest BCUT2D eigenvalue weighted by atomic mass is 9.73. The van der Waals surface area contributed by atoms with E-state index in [-0.39, 0.29) is 12.4 Å². The molecule has 0 unspecified atom stereocenters. The molecule has 0 amide bonds. The summed E-state index contributed by atoms with van der Waals surface area (Å²) >= 11 is 0. The van der Waals surface area contributed by atoms with Crippen LogP contribution in [-0.2, 0) is 16.0 Å². The minimum Gasteiger partial charge on any atom is -0.493 e. The Labute approximate surface area is 148 Å². The van der Waals surface area contributed by atoms with Crippen molar-refractivity contribution in [1.82, 2.24) is 0 Å². The van der Waals surface area contributed by atoms with Gasteiger partial charge in [-0.2, -0.15) is 0 Å². The normalized spacial score (nSPS) is 10.0. The molecule has 2 aromatic rings. The van der Waals surface area contributed by atoms with Gasteiger partial charge in [0.2, 0.25) is 0 Å². The standard InChI is InChI=1S/C19H21BO5/c1-4-24-19(22)10-13-5-7-17(23-3)18(9-13)25-16-8-6-15(20-2)11-14(16)12-21/h5-9,11-12,20H,4,10H2,1-3H3. The van der Waals surface area contributed by atoms with Crippen molar-refractivity contribution in [3.8, 4) is 17.2 Å². The molecule has 0 N–H and O–H groups in total. The summed E-state index contributed by atoms with van der Waals surface area (Å²) in [5, 5.41) is 0. The molecular weight excluding hydrogens is 319 g/mol. The van der Waals surface area contributed by atoms with Crippen LogP contribution in [0.3, 0.4) is 0 Å². The van der Waals surface area contributed by atoms with E-state index in [1.807, 2.05) is 12.9 Å². The van der Waals surface area contributed by atoms with Crippen LogP contribution >= 0.6 is 0 Å². The van der Waals surface area contributed by atoms with Crippen molar-refractivity contribution < 1.29 is 23.8 Å². The molecule has 130 valence electrons. The highest BCUT2D eigenvalue weighted by Gasteiger charge is 2.12. The maximum absolute atomic E-state index is 11.7. The van der Waals surface area contributed by atoms with Crippen LogP contribution in [0.15, 0.2) is 36.4 Å². The maximum atomic E-state index is 11.7. The Morgan fingerprint density at radius 2 is 1.88 bits per heavy atom. The summed E-state index contributed by atoms with van der Waals surface area (Å²) in [6.07, 6.45) is 0.910. The molecule has 0 aliphatic heterocycles. The van der Waals surface area contributed by atoms with E-state index in [1.165, 1.54) is 7.11 Å². The first-order valence-electron chi connectivity index (χ1n) is 8.19. The second kappa shape index (κ2) is 8.92. The van der Waals surface area contributed by atoms with Crippen LogP contribution < -0.4 is 14.9 Å². The van der Waals surface area contributed by atoms with E-state index in [0.29, 0.717) is 29.4 Å². The number of carbonyl (C=O) groups excluding carboxylic acids is 2. The lowest BCUT2D eigenvalue weighted by Gasteiger charge is -2.14. The summed E-state index contributed by atoms with van der Waals surface area (Å²) in [4.78, 5) is 23.0. The van der Waals surface area contributed by atoms with Gasteiger partial charge in [-0.15, -0.1) is 0 Å². The van der Waals surface area contributed by atoms with E-state index >= 15 is 0 Å². The van der Waals surface area contributed by atoms with Crippen molar-refractivity contribution in [3.63, 3.8) is 0 Å². The highest BCUT2D eigenvalue weighted by Crippen LogP contribution is 2.33. The number of hydrogen-bond donors (Lipinski definition) is 0. The highest BCUT2D eigenvalue weighted by atomic mass is 16.5. The summed E-state index contributed by atoms with van der Waals surface area (Å²) in [5.74, 6) is 1.10. The molecule has 0 fully saturated rings. The molecule has 0 spiro atoms. The van der Waals surface area contributed by atoms with E-state index in [2.05, 4.69) is 0 Å². The van der Waals surface area contributed by atoms with Crippen LogP contribution in [0.1, 0.15) is 22.8 Å². The van der Waals surface area contributed by atoms with E-state index in [0.717, 1.165) is 24.6 Å². The molecular formula is C19H21BO5. The Kier molecular flexibility index (Phi) is 6.63. The zero-order valence-corrected chi connectivity index (χ0v) is 14.7. The average molecular weight is 340 g/mol. The zero-order valence-electron chi connectivity index (χ0n) is 14.7. The van der Waals surface area contributed by atoms with Gasteiger partial charge in [-0.1, -0.05) is 30.5 Å². The van der Waals surface area contributed by atoms with E-state index in [9.17, 15) is 9.59 Å². The van der Waals surface area contributed by atoms with Crippen LogP contribution in [0, 0.1) is 0 Å². The van der Waals surface area contributed by atoms with Gasteiger partial charge in [0.1, 0.15) is 5.75 Å². The topological polar surface area (TPSA) is 61.8 Å². The molecule has 0 aliphatic carbocycles. The molecule has 6 heteroatoms. The largest absolute Gasteiger partial charge is 0.493 e. The summed E-state index contributed by atoms with van der Waals surface area (Å²) in [6.45, 7) is 4.12. The van der Waals surface area contributed by atoms with Crippen molar-refractivity contribution in [2.24, 2.45) is 0 Å². The first-order chi connectivity index (χ1) is 12.1. The van der Waals surface area contributed by atoms with Crippen LogP contribution in [0.25, 0.3) is 0 Å². The third-order valence-electron chi connectivity index (χ3n) is 3.71. The van der Waals surface area contributed by atoms with Gasteiger partial charge in [-0.25, -0.2) is 0 Å². The Hall–Kier alpha value is -2.76. The van der Waals surface area contributed by atoms with Crippen LogP contribution in [-0.4, -0.2) is 33.3 Å². The summed E-state index contributed by atoms with van der Waals surface area (Å²) < 4.78 is 16.2. The van der Waals surface area contributed by atoms with Crippen molar-refractivity contribution in [3.05, 3.63) is 47.5 Å². The summed E-state index contributed by atoms with van der Waals surface area (Å²) in [6, 6.07) is 10.7. The predicted molar refractivity (Wildman–Crippen MR) is 97.9 cm³/mol. The Morgan fingerprint density at radius 3 is 2.52 bits per heavy atom. The second-order valence-corrected chi connectivity index (χ2v) is 5.41. The van der Waals surface area contributed by atoms with Crippen molar-refractivity contribution >= 4 is 25.0 Å². The Balaban J connectivity index is 2.31. The molecule has 0 radical (unpaired) electrons. The molecule has 2 aromatic carbocycles. The number of carbonyl (C=O) groups is 2. The number of ether oxygens (including phenoxy) is 3. The predicted octanol–water partition coefficient (Wildman–Crippen LogP) is 2.52. The van der Waals surface area contributed by atoms with Crippen molar-refractivity contribution in [1.29, 1.82) is 0 Å². The first-order valence-corrected chi connectivity index (χ1v) is 8.19. The third kappa shape index (κ3) is 4.86. The smallest absolute Gasteiger partial charge is 0.310 e. The van der Waals surface area contributed by atoms with Gasteiger partial charge in [0.05, 0.1) is 25.7 Å². The monoisotopic (exact) mass is 340 g/mol. The number of hydrogen-bond acceptors (Lipinski definition) is 5. The molecule has 2 rings (SSSR count). The molecule has 0 aromatic heterocycles. The van der Waals surface area contributed by atoms with Crippen LogP contribution in [0.2, 0.25) is 6.82 Å². The Bertz CT molecular complexity index is 757. The maximum Gasteiger partial charge on any atom is 0.310 e.